The molecule has 0 radical (unpaired) electrons. The summed E-state index contributed by atoms with van der Waals surface area (Å²) in [7, 11) is 0. The second-order valence-electron chi connectivity index (χ2n) is 3.68. The molecule has 0 unspecified atom stereocenters. The normalized spacial score (nSPS) is 10.2. The number of carbonyl (C=O) groups is 3. The van der Waals surface area contributed by atoms with Crippen LogP contribution in [-0.4, -0.2) is 41.2 Å². The summed E-state index contributed by atoms with van der Waals surface area (Å²) in [5.74, 6) is -4.55. The number of nitrogens with zero attached hydrogens (tertiary/aromatic N) is 1. The Morgan fingerprint density at radius 3 is 2.20 bits per heavy atom. The Balaban J connectivity index is 3.26. The predicted octanol–water partition coefficient (Wildman–Crippen LogP) is 0.990. The quantitative estimate of drug-likeness (QED) is 0.612. The van der Waals surface area contributed by atoms with Crippen molar-refractivity contribution >= 4 is 17.9 Å². The van der Waals surface area contributed by atoms with Gasteiger partial charge in [0, 0.05) is 6.20 Å². The van der Waals surface area contributed by atoms with Crippen LogP contribution < -0.4 is 0 Å². The van der Waals surface area contributed by atoms with Crippen molar-refractivity contribution in [2.75, 3.05) is 13.2 Å². The Morgan fingerprint density at radius 2 is 1.75 bits per heavy atom. The highest BCUT2D eigenvalue weighted by atomic mass is 16.6. The van der Waals surface area contributed by atoms with Crippen molar-refractivity contribution in [2.45, 2.75) is 19.8 Å². The molecule has 1 N–H and O–H groups in total. The van der Waals surface area contributed by atoms with E-state index in [9.17, 15) is 14.4 Å². The van der Waals surface area contributed by atoms with E-state index in [-0.39, 0.29) is 24.5 Å². The number of hydrogen-bond acceptors (Lipinski definition) is 6. The Kier molecular flexibility index (Phi) is 5.64. The maximum Gasteiger partial charge on any atom is 0.337 e. The van der Waals surface area contributed by atoms with Crippen LogP contribution in [0.1, 0.15) is 35.8 Å². The number of ether oxygens (including phenoxy) is 2. The molecule has 20 heavy (non-hydrogen) atoms. The van der Waals surface area contributed by atoms with E-state index in [1.165, 1.54) is 18.3 Å². The van der Waals surface area contributed by atoms with Gasteiger partial charge < -0.3 is 14.6 Å². The molecule has 1 rings (SSSR count). The van der Waals surface area contributed by atoms with Gasteiger partial charge in [-0.3, -0.25) is 14.6 Å². The minimum Gasteiger partial charge on any atom is -0.478 e. The molecule has 0 amide bonds. The van der Waals surface area contributed by atoms with E-state index in [1.807, 2.05) is 0 Å². The van der Waals surface area contributed by atoms with Crippen LogP contribution in [0.3, 0.4) is 0 Å². The summed E-state index contributed by atoms with van der Waals surface area (Å²) in [6, 6.07) is 2.66. The number of pyridine rings is 1. The summed E-state index contributed by atoms with van der Waals surface area (Å²) in [5, 5.41) is 9.09. The summed E-state index contributed by atoms with van der Waals surface area (Å²) < 4.78 is 9.58. The number of rotatable bonds is 6. The number of aromatic nitrogens is 1. The zero-order valence-electron chi connectivity index (χ0n) is 11.2. The average molecular weight is 281 g/mol. The second-order valence-corrected chi connectivity index (χ2v) is 3.68. The third-order valence-electron chi connectivity index (χ3n) is 2.39. The van der Waals surface area contributed by atoms with Gasteiger partial charge in [0.05, 0.1) is 24.5 Å². The molecule has 7 heteroatoms. The molecular weight excluding hydrogens is 266 g/mol. The van der Waals surface area contributed by atoms with Crippen LogP contribution in [0.15, 0.2) is 18.3 Å². The first kappa shape index (κ1) is 15.6. The highest BCUT2D eigenvalue weighted by molar-refractivity contribution is 6.03. The summed E-state index contributed by atoms with van der Waals surface area (Å²) in [6.07, 6.45) is 1.30. The van der Waals surface area contributed by atoms with Crippen molar-refractivity contribution in [2.24, 2.45) is 0 Å². The largest absolute Gasteiger partial charge is 0.478 e. The van der Waals surface area contributed by atoms with Gasteiger partial charge in [0.25, 0.3) is 0 Å². The first-order valence-electron chi connectivity index (χ1n) is 6.04. The van der Waals surface area contributed by atoms with Gasteiger partial charge in [-0.2, -0.15) is 0 Å². The van der Waals surface area contributed by atoms with Gasteiger partial charge in [-0.25, -0.2) is 4.79 Å². The highest BCUT2D eigenvalue weighted by Gasteiger charge is 2.35. The second kappa shape index (κ2) is 7.22. The predicted molar refractivity (Wildman–Crippen MR) is 67.2 cm³/mol. The molecule has 0 spiro atoms. The summed E-state index contributed by atoms with van der Waals surface area (Å²) in [6.45, 7) is 3.28. The number of carboxylic acid groups (broad SMARTS) is 1. The fourth-order valence-corrected chi connectivity index (χ4v) is 1.60. The van der Waals surface area contributed by atoms with Gasteiger partial charge in [0.2, 0.25) is 0 Å². The molecule has 108 valence electrons. The standard InChI is InChI=1S/C13H15NO6/c1-3-19-12(17)9(13(18)20-4-2)10-8(11(15)16)6-5-7-14-10/h5-7,9H,3-4H2,1-2H3,(H,15,16). The molecule has 1 aromatic rings. The lowest BCUT2D eigenvalue weighted by Crippen LogP contribution is -2.28. The van der Waals surface area contributed by atoms with E-state index < -0.39 is 23.8 Å². The molecule has 0 aliphatic rings. The Bertz CT molecular complexity index is 495. The van der Waals surface area contributed by atoms with Crippen molar-refractivity contribution in [3.05, 3.63) is 29.6 Å². The van der Waals surface area contributed by atoms with Crippen molar-refractivity contribution in [3.8, 4) is 0 Å². The topological polar surface area (TPSA) is 103 Å². The van der Waals surface area contributed by atoms with E-state index in [0.717, 1.165) is 0 Å². The van der Waals surface area contributed by atoms with Gasteiger partial charge >= 0.3 is 17.9 Å². The molecular formula is C13H15NO6. The number of carboxylic acids is 1. The van der Waals surface area contributed by atoms with Crippen LogP contribution in [0.4, 0.5) is 0 Å². The number of esters is 2. The first-order valence-corrected chi connectivity index (χ1v) is 6.04. The van der Waals surface area contributed by atoms with Crippen molar-refractivity contribution in [1.82, 2.24) is 4.98 Å². The Labute approximate surface area is 115 Å². The van der Waals surface area contributed by atoms with Gasteiger partial charge in [0.1, 0.15) is 0 Å². The molecule has 0 saturated carbocycles. The van der Waals surface area contributed by atoms with Gasteiger partial charge in [-0.05, 0) is 26.0 Å². The molecule has 0 bridgehead atoms. The van der Waals surface area contributed by atoms with Crippen LogP contribution in [0.25, 0.3) is 0 Å². The van der Waals surface area contributed by atoms with Crippen molar-refractivity contribution < 1.29 is 29.0 Å². The molecule has 0 fully saturated rings. The lowest BCUT2D eigenvalue weighted by Gasteiger charge is -2.15. The van der Waals surface area contributed by atoms with Crippen LogP contribution in [0.2, 0.25) is 0 Å². The van der Waals surface area contributed by atoms with E-state index >= 15 is 0 Å². The molecule has 1 aromatic heterocycles. The molecule has 0 aromatic carbocycles. The third kappa shape index (κ3) is 3.53. The van der Waals surface area contributed by atoms with Gasteiger partial charge in [-0.1, -0.05) is 0 Å². The van der Waals surface area contributed by atoms with E-state index in [4.69, 9.17) is 14.6 Å². The molecule has 0 atom stereocenters. The molecule has 1 heterocycles. The van der Waals surface area contributed by atoms with Crippen molar-refractivity contribution in [1.29, 1.82) is 0 Å². The monoisotopic (exact) mass is 281 g/mol. The maximum atomic E-state index is 11.9. The first-order chi connectivity index (χ1) is 9.52. The number of aromatic carboxylic acids is 1. The number of carbonyl (C=O) groups excluding carboxylic acids is 2. The van der Waals surface area contributed by atoms with Crippen LogP contribution >= 0.6 is 0 Å². The lowest BCUT2D eigenvalue weighted by molar-refractivity contribution is -0.157. The Hall–Kier alpha value is -2.44. The Morgan fingerprint density at radius 1 is 1.20 bits per heavy atom. The molecule has 0 aliphatic carbocycles. The van der Waals surface area contributed by atoms with E-state index in [1.54, 1.807) is 13.8 Å². The smallest absolute Gasteiger partial charge is 0.337 e. The SMILES string of the molecule is CCOC(=O)C(C(=O)OCC)c1ncccc1C(=O)O. The summed E-state index contributed by atoms with van der Waals surface area (Å²) in [5.41, 5.74) is -0.421. The van der Waals surface area contributed by atoms with Crippen LogP contribution in [0.5, 0.6) is 0 Å². The minimum absolute atomic E-state index is 0.0595. The molecule has 0 saturated heterocycles. The van der Waals surface area contributed by atoms with Crippen LogP contribution in [0, 0.1) is 0 Å². The van der Waals surface area contributed by atoms with Crippen molar-refractivity contribution in [3.63, 3.8) is 0 Å². The van der Waals surface area contributed by atoms with E-state index in [0.29, 0.717) is 0 Å². The minimum atomic E-state index is -1.50. The summed E-state index contributed by atoms with van der Waals surface area (Å²) in [4.78, 5) is 38.7. The molecule has 0 aliphatic heterocycles. The summed E-state index contributed by atoms with van der Waals surface area (Å²) >= 11 is 0. The van der Waals surface area contributed by atoms with Crippen LogP contribution in [-0.2, 0) is 19.1 Å². The third-order valence-corrected chi connectivity index (χ3v) is 2.39. The van der Waals surface area contributed by atoms with E-state index in [2.05, 4.69) is 4.98 Å². The fourth-order valence-electron chi connectivity index (χ4n) is 1.60. The zero-order chi connectivity index (χ0) is 15.1. The fraction of sp³-hybridized carbons (Fsp3) is 0.385. The maximum absolute atomic E-state index is 11.9. The van der Waals surface area contributed by atoms with Gasteiger partial charge in [0.15, 0.2) is 5.92 Å². The highest BCUT2D eigenvalue weighted by Crippen LogP contribution is 2.21. The zero-order valence-corrected chi connectivity index (χ0v) is 11.2. The van der Waals surface area contributed by atoms with Gasteiger partial charge in [-0.15, -0.1) is 0 Å². The number of hydrogen-bond donors (Lipinski definition) is 1. The average Bonchev–Trinajstić information content (AvgIpc) is 2.40. The lowest BCUT2D eigenvalue weighted by atomic mass is 10.00. The molecule has 7 nitrogen and oxygen atoms in total.